The zero-order valence-corrected chi connectivity index (χ0v) is 11.3. The van der Waals surface area contributed by atoms with Crippen molar-refractivity contribution in [2.75, 3.05) is 19.4 Å². The van der Waals surface area contributed by atoms with E-state index >= 15 is 0 Å². The zero-order valence-electron chi connectivity index (χ0n) is 11.3. The number of benzene rings is 1. The predicted molar refractivity (Wildman–Crippen MR) is 71.8 cm³/mol. The largest absolute Gasteiger partial charge is 0.480 e. The van der Waals surface area contributed by atoms with Crippen LogP contribution < -0.4 is 5.32 Å². The maximum Gasteiger partial charge on any atom is 0.325 e. The summed E-state index contributed by atoms with van der Waals surface area (Å²) in [5.74, 6) is -1.50. The molecule has 0 aliphatic heterocycles. The molecule has 0 saturated carbocycles. The molecule has 1 atom stereocenters. The van der Waals surface area contributed by atoms with Crippen molar-refractivity contribution in [3.05, 3.63) is 33.9 Å². The fourth-order valence-corrected chi connectivity index (χ4v) is 1.49. The van der Waals surface area contributed by atoms with Crippen LogP contribution in [-0.4, -0.2) is 46.9 Å². The van der Waals surface area contributed by atoms with E-state index in [0.717, 1.165) is 6.07 Å². The van der Waals surface area contributed by atoms with Gasteiger partial charge in [-0.3, -0.25) is 19.7 Å². The minimum atomic E-state index is -1.13. The second-order valence-electron chi connectivity index (χ2n) is 4.39. The molecular formula is C12H15N3O5. The molecule has 108 valence electrons. The highest BCUT2D eigenvalue weighted by Gasteiger charge is 2.21. The Bertz CT molecular complexity index is 556. The van der Waals surface area contributed by atoms with Crippen molar-refractivity contribution in [2.45, 2.75) is 13.0 Å². The monoisotopic (exact) mass is 281 g/mol. The Kier molecular flexibility index (Phi) is 4.63. The molecule has 1 aromatic rings. The second kappa shape index (κ2) is 6.00. The summed E-state index contributed by atoms with van der Waals surface area (Å²) >= 11 is 0. The van der Waals surface area contributed by atoms with Crippen LogP contribution in [0.25, 0.3) is 0 Å². The highest BCUT2D eigenvalue weighted by molar-refractivity contribution is 5.95. The van der Waals surface area contributed by atoms with E-state index in [1.54, 1.807) is 0 Å². The average molecular weight is 281 g/mol. The molecule has 8 nitrogen and oxygen atoms in total. The van der Waals surface area contributed by atoms with Gasteiger partial charge >= 0.3 is 5.97 Å². The summed E-state index contributed by atoms with van der Waals surface area (Å²) in [6.45, 7) is 1.37. The minimum absolute atomic E-state index is 0.0557. The van der Waals surface area contributed by atoms with E-state index in [4.69, 9.17) is 5.11 Å². The summed E-state index contributed by atoms with van der Waals surface area (Å²) in [4.78, 5) is 34.2. The molecular weight excluding hydrogens is 266 g/mol. The molecule has 0 aliphatic carbocycles. The van der Waals surface area contributed by atoms with Crippen LogP contribution in [-0.2, 0) is 4.79 Å². The minimum Gasteiger partial charge on any atom is -0.480 e. The number of hydrogen-bond donors (Lipinski definition) is 2. The Morgan fingerprint density at radius 3 is 2.45 bits per heavy atom. The van der Waals surface area contributed by atoms with Crippen LogP contribution in [0.15, 0.2) is 18.2 Å². The van der Waals surface area contributed by atoms with Crippen LogP contribution in [0.3, 0.4) is 0 Å². The van der Waals surface area contributed by atoms with Gasteiger partial charge < -0.3 is 15.3 Å². The Morgan fingerprint density at radius 2 is 2.00 bits per heavy atom. The molecule has 0 heterocycles. The number of carbonyl (C=O) groups is 2. The number of carboxylic acid groups (broad SMARTS) is 1. The fraction of sp³-hybridized carbons (Fsp3) is 0.333. The van der Waals surface area contributed by atoms with Gasteiger partial charge in [-0.25, -0.2) is 0 Å². The number of carboxylic acids is 1. The number of nitro benzene ring substituents is 1. The lowest BCUT2D eigenvalue weighted by atomic mass is 10.1. The topological polar surface area (TPSA) is 113 Å². The molecule has 0 bridgehead atoms. The lowest BCUT2D eigenvalue weighted by Crippen LogP contribution is -2.26. The zero-order chi connectivity index (χ0) is 15.4. The van der Waals surface area contributed by atoms with Crippen molar-refractivity contribution < 1.29 is 19.6 Å². The van der Waals surface area contributed by atoms with Gasteiger partial charge in [-0.1, -0.05) is 0 Å². The highest BCUT2D eigenvalue weighted by atomic mass is 16.6. The molecule has 0 radical (unpaired) electrons. The molecule has 0 saturated heterocycles. The third kappa shape index (κ3) is 3.44. The van der Waals surface area contributed by atoms with Crippen molar-refractivity contribution in [2.24, 2.45) is 0 Å². The van der Waals surface area contributed by atoms with E-state index in [1.807, 2.05) is 0 Å². The highest BCUT2D eigenvalue weighted by Crippen LogP contribution is 2.26. The van der Waals surface area contributed by atoms with Crippen LogP contribution >= 0.6 is 0 Å². The lowest BCUT2D eigenvalue weighted by molar-refractivity contribution is -0.384. The number of amides is 1. The van der Waals surface area contributed by atoms with E-state index in [0.29, 0.717) is 0 Å². The smallest absolute Gasteiger partial charge is 0.325 e. The van der Waals surface area contributed by atoms with Crippen LogP contribution in [0.5, 0.6) is 0 Å². The first-order valence-corrected chi connectivity index (χ1v) is 5.73. The number of hydrogen-bond acceptors (Lipinski definition) is 5. The summed E-state index contributed by atoms with van der Waals surface area (Å²) in [6.07, 6.45) is 0. The number of rotatable bonds is 5. The molecule has 0 aliphatic rings. The molecule has 20 heavy (non-hydrogen) atoms. The summed E-state index contributed by atoms with van der Waals surface area (Å²) in [5, 5.41) is 22.3. The molecule has 2 N–H and O–H groups in total. The van der Waals surface area contributed by atoms with Gasteiger partial charge in [-0.15, -0.1) is 0 Å². The Hall–Kier alpha value is -2.64. The van der Waals surface area contributed by atoms with Crippen LogP contribution in [0, 0.1) is 10.1 Å². The molecule has 1 aromatic carbocycles. The Balaban J connectivity index is 3.18. The number of anilines is 1. The van der Waals surface area contributed by atoms with E-state index in [9.17, 15) is 19.7 Å². The van der Waals surface area contributed by atoms with Crippen molar-refractivity contribution in [1.29, 1.82) is 0 Å². The number of nitrogens with one attached hydrogen (secondary N) is 1. The van der Waals surface area contributed by atoms with Crippen molar-refractivity contribution >= 4 is 23.3 Å². The Morgan fingerprint density at radius 1 is 1.40 bits per heavy atom. The van der Waals surface area contributed by atoms with Crippen molar-refractivity contribution in [1.82, 2.24) is 4.90 Å². The van der Waals surface area contributed by atoms with Crippen LogP contribution in [0.4, 0.5) is 11.4 Å². The van der Waals surface area contributed by atoms with Crippen LogP contribution in [0.2, 0.25) is 0 Å². The van der Waals surface area contributed by atoms with Crippen molar-refractivity contribution in [3.63, 3.8) is 0 Å². The summed E-state index contributed by atoms with van der Waals surface area (Å²) in [5.41, 5.74) is -0.124. The molecule has 1 amide bonds. The number of nitro groups is 1. The van der Waals surface area contributed by atoms with Gasteiger partial charge in [0, 0.05) is 25.7 Å². The van der Waals surface area contributed by atoms with Gasteiger partial charge in [0.2, 0.25) is 0 Å². The quantitative estimate of drug-likeness (QED) is 0.619. The van der Waals surface area contributed by atoms with E-state index in [2.05, 4.69) is 5.32 Å². The van der Waals surface area contributed by atoms with Gasteiger partial charge in [0.15, 0.2) is 0 Å². The molecule has 1 rings (SSSR count). The molecule has 0 spiro atoms. The summed E-state index contributed by atoms with van der Waals surface area (Å²) in [6, 6.07) is 2.88. The fourth-order valence-electron chi connectivity index (χ4n) is 1.49. The SMILES string of the molecule is CC(Nc1ccc(C(=O)N(C)C)cc1[N+](=O)[O-])C(=O)O. The normalized spacial score (nSPS) is 11.6. The van der Waals surface area contributed by atoms with E-state index in [-0.39, 0.29) is 22.8 Å². The first-order valence-electron chi connectivity index (χ1n) is 5.73. The van der Waals surface area contributed by atoms with Gasteiger partial charge in [0.05, 0.1) is 4.92 Å². The maximum atomic E-state index is 11.7. The number of aliphatic carboxylic acids is 1. The number of carbonyl (C=O) groups excluding carboxylic acids is 1. The lowest BCUT2D eigenvalue weighted by Gasteiger charge is -2.13. The summed E-state index contributed by atoms with van der Waals surface area (Å²) < 4.78 is 0. The van der Waals surface area contributed by atoms with E-state index < -0.39 is 16.9 Å². The predicted octanol–water partition coefficient (Wildman–Crippen LogP) is 1.18. The Labute approximate surface area is 115 Å². The van der Waals surface area contributed by atoms with Crippen molar-refractivity contribution in [3.8, 4) is 0 Å². The van der Waals surface area contributed by atoms with Gasteiger partial charge in [0.1, 0.15) is 11.7 Å². The van der Waals surface area contributed by atoms with Gasteiger partial charge in [0.25, 0.3) is 11.6 Å². The van der Waals surface area contributed by atoms with Crippen LogP contribution in [0.1, 0.15) is 17.3 Å². The molecule has 0 fully saturated rings. The average Bonchev–Trinajstić information content (AvgIpc) is 2.37. The molecule has 1 unspecified atom stereocenters. The third-order valence-electron chi connectivity index (χ3n) is 2.59. The number of nitrogens with zero attached hydrogens (tertiary/aromatic N) is 2. The second-order valence-corrected chi connectivity index (χ2v) is 4.39. The van der Waals surface area contributed by atoms with Gasteiger partial charge in [-0.05, 0) is 19.1 Å². The third-order valence-corrected chi connectivity index (χ3v) is 2.59. The summed E-state index contributed by atoms with van der Waals surface area (Å²) in [7, 11) is 3.07. The molecule has 0 aromatic heterocycles. The standard InChI is InChI=1S/C12H15N3O5/c1-7(12(17)18)13-9-5-4-8(11(16)14(2)3)6-10(9)15(19)20/h4-7,13H,1-3H3,(H,17,18). The van der Waals surface area contributed by atoms with E-state index in [1.165, 1.54) is 38.1 Å². The first kappa shape index (κ1) is 15.4. The maximum absolute atomic E-state index is 11.7. The first-order chi connectivity index (χ1) is 9.23. The van der Waals surface area contributed by atoms with Gasteiger partial charge in [-0.2, -0.15) is 0 Å². The molecule has 8 heteroatoms.